The van der Waals surface area contributed by atoms with Crippen molar-refractivity contribution in [2.24, 2.45) is 54.1 Å². The molecule has 12 fully saturated rings. The van der Waals surface area contributed by atoms with E-state index in [0.29, 0.717) is 44.3 Å². The van der Waals surface area contributed by atoms with Crippen molar-refractivity contribution in [3.63, 3.8) is 0 Å². The van der Waals surface area contributed by atoms with Crippen LogP contribution < -0.4 is 10.6 Å². The van der Waals surface area contributed by atoms with Gasteiger partial charge in [0.25, 0.3) is 0 Å². The Balaban J connectivity index is 1.04. The summed E-state index contributed by atoms with van der Waals surface area (Å²) in [6.45, 7) is 20.0. The molecule has 4 heteroatoms. The first-order chi connectivity index (χ1) is 20.0. The molecule has 12 bridgehead atoms. The van der Waals surface area contributed by atoms with E-state index in [9.17, 15) is 0 Å². The Hall–Kier alpha value is -1.06. The molecule has 2 amide bonds. The third-order valence-corrected chi connectivity index (χ3v) is 16.0. The fourth-order valence-corrected chi connectivity index (χ4v) is 19.8. The molecule has 0 spiro atoms. The number of nitrogens with one attached hydrogen (secondary N) is 2. The van der Waals surface area contributed by atoms with Gasteiger partial charge in [-0.3, -0.25) is 9.59 Å². The molecule has 44 heavy (non-hydrogen) atoms. The molecule has 4 nitrogen and oxygen atoms in total. The standard InChI is InChI=1S/C40H62N2O2/c1-29-9-30(2)11-31(3,10-29)22-39(20-29,21-30)41-27(43)37-16-35(7)15-36(8,17-37)19-38(18-35,26-37)28(44)42-40-23-32(4)12-33(5,24-40)14-34(6,13-32)25-40/h9-26H2,1-8H3,(H,41,43)(H,42,44). The predicted molar refractivity (Wildman–Crippen MR) is 175 cm³/mol. The average Bonchev–Trinajstić information content (AvgIpc) is 2.69. The van der Waals surface area contributed by atoms with Gasteiger partial charge < -0.3 is 10.6 Å². The lowest BCUT2D eigenvalue weighted by molar-refractivity contribution is -0.208. The molecule has 12 aliphatic rings. The molecule has 0 heterocycles. The van der Waals surface area contributed by atoms with Crippen molar-refractivity contribution in [3.05, 3.63) is 0 Å². The number of carbonyl (C=O) groups excluding carboxylic acids is 2. The lowest BCUT2D eigenvalue weighted by Crippen LogP contribution is -2.73. The third-order valence-electron chi connectivity index (χ3n) is 16.0. The van der Waals surface area contributed by atoms with Gasteiger partial charge in [0.1, 0.15) is 0 Å². The maximum absolute atomic E-state index is 15.0. The van der Waals surface area contributed by atoms with E-state index in [4.69, 9.17) is 0 Å². The van der Waals surface area contributed by atoms with Crippen molar-refractivity contribution in [1.82, 2.24) is 10.6 Å². The topological polar surface area (TPSA) is 58.2 Å². The van der Waals surface area contributed by atoms with E-state index < -0.39 is 10.8 Å². The molecular formula is C40H62N2O2. The molecule has 0 aromatic carbocycles. The van der Waals surface area contributed by atoms with Crippen molar-refractivity contribution >= 4 is 11.8 Å². The van der Waals surface area contributed by atoms with Gasteiger partial charge in [-0.05, 0) is 159 Å². The van der Waals surface area contributed by atoms with E-state index in [0.717, 1.165) is 70.6 Å². The fraction of sp³-hybridized carbons (Fsp3) is 0.950. The van der Waals surface area contributed by atoms with Gasteiger partial charge in [0.05, 0.1) is 10.8 Å². The molecule has 12 aliphatic carbocycles. The maximum atomic E-state index is 15.0. The van der Waals surface area contributed by atoms with Crippen LogP contribution in [0, 0.1) is 54.1 Å². The highest BCUT2D eigenvalue weighted by Crippen LogP contribution is 2.76. The summed E-state index contributed by atoms with van der Waals surface area (Å²) in [6.07, 6.45) is 20.6. The number of hydrogen-bond donors (Lipinski definition) is 2. The van der Waals surface area contributed by atoms with Gasteiger partial charge in [0.2, 0.25) is 11.8 Å². The Labute approximate surface area is 267 Å². The first-order valence-corrected chi connectivity index (χ1v) is 18.6. The molecule has 0 unspecified atom stereocenters. The Bertz CT molecular complexity index is 1170. The van der Waals surface area contributed by atoms with Crippen LogP contribution in [0.25, 0.3) is 0 Å². The maximum Gasteiger partial charge on any atom is 0.226 e. The van der Waals surface area contributed by atoms with Gasteiger partial charge in [-0.2, -0.15) is 0 Å². The summed E-state index contributed by atoms with van der Waals surface area (Å²) in [6, 6.07) is 0. The zero-order valence-corrected chi connectivity index (χ0v) is 29.5. The van der Waals surface area contributed by atoms with Crippen molar-refractivity contribution in [2.75, 3.05) is 0 Å². The number of hydrogen-bond acceptors (Lipinski definition) is 2. The second-order valence-corrected chi connectivity index (χ2v) is 23.7. The Morgan fingerprint density at radius 2 is 0.523 bits per heavy atom. The van der Waals surface area contributed by atoms with Gasteiger partial charge in [-0.25, -0.2) is 0 Å². The molecule has 12 rings (SSSR count). The van der Waals surface area contributed by atoms with E-state index in [1.807, 2.05) is 0 Å². The SMILES string of the molecule is CC12CC3(C)CC(C)(C1)CC(NC(=O)C14CC5(C)CC(C)(C1)CC(C(=O)NC16CC7(C)CC(C)(CC(C)(C7)C1)C6)(C5)C4)(C2)C3. The van der Waals surface area contributed by atoms with Gasteiger partial charge >= 0.3 is 0 Å². The highest BCUT2D eigenvalue weighted by Gasteiger charge is 2.72. The molecule has 0 radical (unpaired) electrons. The molecule has 0 aliphatic heterocycles. The average molecular weight is 603 g/mol. The second-order valence-electron chi connectivity index (χ2n) is 23.7. The van der Waals surface area contributed by atoms with E-state index in [1.165, 1.54) is 44.9 Å². The van der Waals surface area contributed by atoms with E-state index in [1.54, 1.807) is 0 Å². The van der Waals surface area contributed by atoms with Crippen LogP contribution in [0.1, 0.15) is 171 Å². The van der Waals surface area contributed by atoms with Crippen molar-refractivity contribution in [1.29, 1.82) is 0 Å². The summed E-state index contributed by atoms with van der Waals surface area (Å²) in [4.78, 5) is 30.1. The molecule has 2 N–H and O–H groups in total. The van der Waals surface area contributed by atoms with Crippen LogP contribution in [0.4, 0.5) is 0 Å². The monoisotopic (exact) mass is 602 g/mol. The first kappa shape index (κ1) is 29.1. The van der Waals surface area contributed by atoms with Gasteiger partial charge in [0, 0.05) is 11.1 Å². The zero-order valence-electron chi connectivity index (χ0n) is 29.5. The Morgan fingerprint density at radius 1 is 0.318 bits per heavy atom. The van der Waals surface area contributed by atoms with Crippen LogP contribution in [0.15, 0.2) is 0 Å². The highest BCUT2D eigenvalue weighted by atomic mass is 16.2. The van der Waals surface area contributed by atoms with Crippen LogP contribution in [0.2, 0.25) is 0 Å². The van der Waals surface area contributed by atoms with Crippen molar-refractivity contribution in [3.8, 4) is 0 Å². The first-order valence-electron chi connectivity index (χ1n) is 18.6. The largest absolute Gasteiger partial charge is 0.350 e. The predicted octanol–water partition coefficient (Wildman–Crippen LogP) is 8.86. The third kappa shape index (κ3) is 3.93. The summed E-state index contributed by atoms with van der Waals surface area (Å²) < 4.78 is 0. The van der Waals surface area contributed by atoms with E-state index in [-0.39, 0.29) is 21.9 Å². The minimum absolute atomic E-state index is 0.0645. The van der Waals surface area contributed by atoms with Gasteiger partial charge in [0.15, 0.2) is 0 Å². The Morgan fingerprint density at radius 3 is 0.750 bits per heavy atom. The Kier molecular flexibility index (Phi) is 4.95. The van der Waals surface area contributed by atoms with E-state index in [2.05, 4.69) is 66.0 Å². The van der Waals surface area contributed by atoms with Crippen LogP contribution in [0.5, 0.6) is 0 Å². The molecule has 0 atom stereocenters. The lowest BCUT2D eigenvalue weighted by Gasteiger charge is -2.71. The molecule has 0 saturated heterocycles. The number of carbonyl (C=O) groups is 2. The molecule has 0 aromatic heterocycles. The smallest absolute Gasteiger partial charge is 0.226 e. The van der Waals surface area contributed by atoms with Crippen LogP contribution in [-0.4, -0.2) is 22.9 Å². The number of rotatable bonds is 4. The van der Waals surface area contributed by atoms with Gasteiger partial charge in [-0.1, -0.05) is 55.4 Å². The highest BCUT2D eigenvalue weighted by molar-refractivity contribution is 5.89. The van der Waals surface area contributed by atoms with Crippen LogP contribution in [0.3, 0.4) is 0 Å². The minimum Gasteiger partial charge on any atom is -0.350 e. The summed E-state index contributed by atoms with van der Waals surface area (Å²) in [5.74, 6) is 0.651. The second kappa shape index (κ2) is 7.48. The van der Waals surface area contributed by atoms with Crippen molar-refractivity contribution < 1.29 is 9.59 Å². The molecule has 0 aromatic rings. The lowest BCUT2D eigenvalue weighted by atomic mass is 9.35. The normalized spacial score (nSPS) is 64.0. The minimum atomic E-state index is -0.410. The van der Waals surface area contributed by atoms with Crippen LogP contribution >= 0.6 is 0 Å². The summed E-state index contributed by atoms with van der Waals surface area (Å²) in [7, 11) is 0. The molecule has 244 valence electrons. The zero-order chi connectivity index (χ0) is 31.3. The summed E-state index contributed by atoms with van der Waals surface area (Å²) in [5, 5.41) is 7.84. The summed E-state index contributed by atoms with van der Waals surface area (Å²) >= 11 is 0. The van der Waals surface area contributed by atoms with Crippen LogP contribution in [-0.2, 0) is 9.59 Å². The van der Waals surface area contributed by atoms with E-state index >= 15 is 9.59 Å². The number of amides is 2. The van der Waals surface area contributed by atoms with Crippen molar-refractivity contribution in [2.45, 2.75) is 182 Å². The molecular weight excluding hydrogens is 540 g/mol. The summed E-state index contributed by atoms with van der Waals surface area (Å²) in [5.41, 5.74) is 1.23. The molecule has 12 saturated carbocycles. The quantitative estimate of drug-likeness (QED) is 0.338. The van der Waals surface area contributed by atoms with Gasteiger partial charge in [-0.15, -0.1) is 0 Å². The fourth-order valence-electron chi connectivity index (χ4n) is 19.8.